The predicted molar refractivity (Wildman–Crippen MR) is 85.7 cm³/mol. The molecule has 0 saturated carbocycles. The van der Waals surface area contributed by atoms with E-state index in [0.29, 0.717) is 0 Å². The maximum atomic E-state index is 9.51. The van der Waals surface area contributed by atoms with Crippen molar-refractivity contribution in [2.75, 3.05) is 19.6 Å². The van der Waals surface area contributed by atoms with Crippen LogP contribution in [0.1, 0.15) is 72.1 Å². The summed E-state index contributed by atoms with van der Waals surface area (Å²) < 4.78 is 0. The zero-order valence-electron chi connectivity index (χ0n) is 13.7. The molecule has 3 heteroatoms. The smallest absolute Gasteiger partial charge is 0.106 e. The van der Waals surface area contributed by atoms with Crippen molar-refractivity contribution in [2.24, 2.45) is 0 Å². The van der Waals surface area contributed by atoms with Gasteiger partial charge in [0.25, 0.3) is 0 Å². The summed E-state index contributed by atoms with van der Waals surface area (Å²) >= 11 is 0. The second-order valence-corrected chi connectivity index (χ2v) is 6.31. The van der Waals surface area contributed by atoms with E-state index in [9.17, 15) is 5.26 Å². The molecule has 0 bridgehead atoms. The quantitative estimate of drug-likeness (QED) is 0.736. The first-order valence-electron chi connectivity index (χ1n) is 8.57. The highest BCUT2D eigenvalue weighted by Gasteiger charge is 2.27. The highest BCUT2D eigenvalue weighted by atomic mass is 15.1. The third-order valence-electron chi connectivity index (χ3n) is 4.77. The summed E-state index contributed by atoms with van der Waals surface area (Å²) in [6.45, 7) is 9.98. The Morgan fingerprint density at radius 1 is 1.30 bits per heavy atom. The molecule has 1 fully saturated rings. The normalized spacial score (nSPS) is 23.8. The summed E-state index contributed by atoms with van der Waals surface area (Å²) in [6, 6.07) is 3.25. The number of hydrogen-bond acceptors (Lipinski definition) is 3. The Kier molecular flexibility index (Phi) is 8.18. The lowest BCUT2D eigenvalue weighted by Crippen LogP contribution is -2.44. The van der Waals surface area contributed by atoms with Crippen LogP contribution < -0.4 is 5.32 Å². The topological polar surface area (TPSA) is 39.1 Å². The fraction of sp³-hybridized carbons (Fsp3) is 0.941. The number of nitrogens with one attached hydrogen (secondary N) is 1. The van der Waals surface area contributed by atoms with Crippen LogP contribution in [-0.2, 0) is 0 Å². The average molecular weight is 279 g/mol. The van der Waals surface area contributed by atoms with Crippen molar-refractivity contribution in [3.63, 3.8) is 0 Å². The second kappa shape index (κ2) is 9.37. The van der Waals surface area contributed by atoms with Gasteiger partial charge in [0.1, 0.15) is 5.54 Å². The SMILES string of the molecule is CCCNC(C#N)(CC)CCCN1CCCCCC1C. The molecule has 0 aromatic carbocycles. The van der Waals surface area contributed by atoms with E-state index in [4.69, 9.17) is 0 Å². The minimum atomic E-state index is -0.300. The lowest BCUT2D eigenvalue weighted by Gasteiger charge is -2.30. The highest BCUT2D eigenvalue weighted by molar-refractivity contribution is 5.06. The summed E-state index contributed by atoms with van der Waals surface area (Å²) in [5.41, 5.74) is -0.300. The molecule has 3 nitrogen and oxygen atoms in total. The third kappa shape index (κ3) is 5.42. The maximum absolute atomic E-state index is 9.51. The first kappa shape index (κ1) is 17.5. The van der Waals surface area contributed by atoms with Crippen LogP contribution in [0.25, 0.3) is 0 Å². The zero-order valence-corrected chi connectivity index (χ0v) is 13.7. The minimum Gasteiger partial charge on any atom is -0.301 e. The minimum absolute atomic E-state index is 0.300. The first-order chi connectivity index (χ1) is 9.67. The van der Waals surface area contributed by atoms with Gasteiger partial charge in [-0.2, -0.15) is 5.26 Å². The molecule has 1 rings (SSSR count). The van der Waals surface area contributed by atoms with Gasteiger partial charge in [-0.15, -0.1) is 0 Å². The van der Waals surface area contributed by atoms with E-state index in [1.807, 2.05) is 0 Å². The van der Waals surface area contributed by atoms with Gasteiger partial charge < -0.3 is 4.90 Å². The van der Waals surface area contributed by atoms with Crippen LogP contribution in [0.5, 0.6) is 0 Å². The highest BCUT2D eigenvalue weighted by Crippen LogP contribution is 2.20. The van der Waals surface area contributed by atoms with Gasteiger partial charge in [-0.25, -0.2) is 0 Å². The van der Waals surface area contributed by atoms with Gasteiger partial charge >= 0.3 is 0 Å². The van der Waals surface area contributed by atoms with Crippen molar-refractivity contribution >= 4 is 0 Å². The monoisotopic (exact) mass is 279 g/mol. The molecule has 0 amide bonds. The van der Waals surface area contributed by atoms with Gasteiger partial charge in [0.2, 0.25) is 0 Å². The molecule has 0 radical (unpaired) electrons. The molecule has 0 aromatic heterocycles. The Hall–Kier alpha value is -0.590. The lowest BCUT2D eigenvalue weighted by atomic mass is 9.91. The molecule has 2 atom stereocenters. The van der Waals surface area contributed by atoms with Crippen molar-refractivity contribution in [1.29, 1.82) is 5.26 Å². The molecule has 116 valence electrons. The molecule has 1 aliphatic heterocycles. The molecule has 20 heavy (non-hydrogen) atoms. The van der Waals surface area contributed by atoms with Crippen molar-refractivity contribution in [1.82, 2.24) is 10.2 Å². The van der Waals surface area contributed by atoms with Gasteiger partial charge in [-0.1, -0.05) is 26.7 Å². The molecule has 0 aliphatic carbocycles. The number of hydrogen-bond donors (Lipinski definition) is 1. The molecule has 1 N–H and O–H groups in total. The molecule has 1 saturated heterocycles. The van der Waals surface area contributed by atoms with Crippen molar-refractivity contribution in [3.05, 3.63) is 0 Å². The third-order valence-corrected chi connectivity index (χ3v) is 4.77. The summed E-state index contributed by atoms with van der Waals surface area (Å²) in [7, 11) is 0. The zero-order chi connectivity index (χ0) is 14.8. The van der Waals surface area contributed by atoms with Crippen molar-refractivity contribution in [3.8, 4) is 6.07 Å². The van der Waals surface area contributed by atoms with Crippen LogP contribution in [-0.4, -0.2) is 36.1 Å². The van der Waals surface area contributed by atoms with Crippen LogP contribution in [0.2, 0.25) is 0 Å². The van der Waals surface area contributed by atoms with Gasteiger partial charge in [0, 0.05) is 6.04 Å². The molecule has 1 heterocycles. The molecular weight excluding hydrogens is 246 g/mol. The number of likely N-dealkylation sites (tertiary alicyclic amines) is 1. The summed E-state index contributed by atoms with van der Waals surface area (Å²) in [4.78, 5) is 2.63. The lowest BCUT2D eigenvalue weighted by molar-refractivity contribution is 0.201. The summed E-state index contributed by atoms with van der Waals surface area (Å²) in [6.07, 6.45) is 9.54. The molecule has 2 unspecified atom stereocenters. The number of rotatable bonds is 8. The molecule has 1 aliphatic rings. The van der Waals surface area contributed by atoms with Crippen LogP contribution in [0.15, 0.2) is 0 Å². The fourth-order valence-electron chi connectivity index (χ4n) is 3.18. The van der Waals surface area contributed by atoms with E-state index in [-0.39, 0.29) is 5.54 Å². The van der Waals surface area contributed by atoms with Gasteiger partial charge in [0.05, 0.1) is 6.07 Å². The maximum Gasteiger partial charge on any atom is 0.106 e. The standard InChI is InChI=1S/C17H33N3/c1-4-12-19-17(5-2,15-18)11-9-14-20-13-8-6-7-10-16(20)3/h16,19H,4-14H2,1-3H3. The Morgan fingerprint density at radius 2 is 2.10 bits per heavy atom. The molecule has 0 spiro atoms. The van der Waals surface area contributed by atoms with E-state index in [2.05, 4.69) is 37.1 Å². The Morgan fingerprint density at radius 3 is 2.75 bits per heavy atom. The molecular formula is C17H33N3. The number of nitriles is 1. The van der Waals surface area contributed by atoms with E-state index in [1.54, 1.807) is 0 Å². The van der Waals surface area contributed by atoms with Crippen LogP contribution in [0.3, 0.4) is 0 Å². The van der Waals surface area contributed by atoms with Crippen molar-refractivity contribution < 1.29 is 0 Å². The Balaban J connectivity index is 2.41. The van der Waals surface area contributed by atoms with Gasteiger partial charge in [-0.3, -0.25) is 5.32 Å². The summed E-state index contributed by atoms with van der Waals surface area (Å²) in [5, 5.41) is 13.0. The predicted octanol–water partition coefficient (Wildman–Crippen LogP) is 3.70. The van der Waals surface area contributed by atoms with Crippen LogP contribution in [0.4, 0.5) is 0 Å². The summed E-state index contributed by atoms with van der Waals surface area (Å²) in [5.74, 6) is 0. The van der Waals surface area contributed by atoms with E-state index in [0.717, 1.165) is 44.8 Å². The van der Waals surface area contributed by atoms with E-state index >= 15 is 0 Å². The van der Waals surface area contributed by atoms with E-state index < -0.39 is 0 Å². The van der Waals surface area contributed by atoms with Crippen LogP contribution >= 0.6 is 0 Å². The average Bonchev–Trinajstić information content (AvgIpc) is 2.68. The van der Waals surface area contributed by atoms with Crippen molar-refractivity contribution in [2.45, 2.75) is 83.7 Å². The number of nitrogens with zero attached hydrogens (tertiary/aromatic N) is 2. The second-order valence-electron chi connectivity index (χ2n) is 6.31. The van der Waals surface area contributed by atoms with Crippen LogP contribution in [0, 0.1) is 11.3 Å². The Bertz CT molecular complexity index is 297. The first-order valence-corrected chi connectivity index (χ1v) is 8.57. The fourth-order valence-corrected chi connectivity index (χ4v) is 3.18. The van der Waals surface area contributed by atoms with Gasteiger partial charge in [0.15, 0.2) is 0 Å². The Labute approximate surface area is 125 Å². The largest absolute Gasteiger partial charge is 0.301 e. The van der Waals surface area contributed by atoms with Gasteiger partial charge in [-0.05, 0) is 65.1 Å². The van der Waals surface area contributed by atoms with E-state index in [1.165, 1.54) is 32.2 Å². The molecule has 0 aromatic rings.